The van der Waals surface area contributed by atoms with Crippen LogP contribution in [0, 0.1) is 0 Å². The van der Waals surface area contributed by atoms with Gasteiger partial charge in [-0.3, -0.25) is 4.90 Å². The van der Waals surface area contributed by atoms with Gasteiger partial charge in [-0.25, -0.2) is 0 Å². The van der Waals surface area contributed by atoms with Crippen molar-refractivity contribution < 1.29 is 5.11 Å². The normalized spacial score (nSPS) is 32.8. The molecule has 0 saturated heterocycles. The largest absolute Gasteiger partial charge is 0.391 e. The van der Waals surface area contributed by atoms with Crippen molar-refractivity contribution in [2.24, 2.45) is 0 Å². The number of aliphatic hydroxyl groups is 1. The first-order valence-corrected chi connectivity index (χ1v) is 6.26. The second kappa shape index (κ2) is 4.63. The van der Waals surface area contributed by atoms with Gasteiger partial charge in [-0.2, -0.15) is 0 Å². The molecule has 2 saturated carbocycles. The zero-order chi connectivity index (χ0) is 9.97. The van der Waals surface area contributed by atoms with Crippen molar-refractivity contribution in [3.05, 3.63) is 0 Å². The van der Waals surface area contributed by atoms with Crippen LogP contribution in [-0.4, -0.2) is 34.7 Å². The fourth-order valence-corrected chi connectivity index (χ4v) is 2.67. The highest BCUT2D eigenvalue weighted by atomic mass is 16.3. The summed E-state index contributed by atoms with van der Waals surface area (Å²) in [5.74, 6) is 0. The highest BCUT2D eigenvalue weighted by molar-refractivity contribution is 4.93. The second-order valence-electron chi connectivity index (χ2n) is 4.89. The third kappa shape index (κ3) is 2.29. The summed E-state index contributed by atoms with van der Waals surface area (Å²) in [5, 5.41) is 9.89. The first-order chi connectivity index (χ1) is 6.83. The van der Waals surface area contributed by atoms with Crippen LogP contribution in [0.2, 0.25) is 0 Å². The molecule has 2 nitrogen and oxygen atoms in total. The number of hydrogen-bond donors (Lipinski definition) is 1. The van der Waals surface area contributed by atoms with Crippen LogP contribution in [0.3, 0.4) is 0 Å². The summed E-state index contributed by atoms with van der Waals surface area (Å²) in [5.41, 5.74) is 0. The van der Waals surface area contributed by atoms with Gasteiger partial charge >= 0.3 is 0 Å². The zero-order valence-electron chi connectivity index (χ0n) is 9.28. The van der Waals surface area contributed by atoms with E-state index in [1.165, 1.54) is 45.1 Å². The van der Waals surface area contributed by atoms with Crippen molar-refractivity contribution in [1.82, 2.24) is 4.90 Å². The minimum Gasteiger partial charge on any atom is -0.391 e. The van der Waals surface area contributed by atoms with E-state index in [1.54, 1.807) is 0 Å². The number of rotatable bonds is 5. The molecule has 0 aromatic rings. The summed E-state index contributed by atoms with van der Waals surface area (Å²) in [6.45, 7) is 3.46. The molecule has 1 N–H and O–H groups in total. The van der Waals surface area contributed by atoms with Crippen molar-refractivity contribution in [3.63, 3.8) is 0 Å². The van der Waals surface area contributed by atoms with Crippen LogP contribution in [0.15, 0.2) is 0 Å². The van der Waals surface area contributed by atoms with E-state index in [1.807, 2.05) is 0 Å². The van der Waals surface area contributed by atoms with Gasteiger partial charge in [0.1, 0.15) is 0 Å². The first-order valence-electron chi connectivity index (χ1n) is 6.26. The summed E-state index contributed by atoms with van der Waals surface area (Å²) in [6.07, 6.45) is 8.74. The van der Waals surface area contributed by atoms with Gasteiger partial charge in [0.25, 0.3) is 0 Å². The van der Waals surface area contributed by atoms with Gasteiger partial charge in [0.2, 0.25) is 0 Å². The van der Waals surface area contributed by atoms with Crippen LogP contribution in [0.5, 0.6) is 0 Å². The van der Waals surface area contributed by atoms with Crippen LogP contribution in [-0.2, 0) is 0 Å². The molecule has 2 heteroatoms. The molecule has 0 bridgehead atoms. The maximum Gasteiger partial charge on any atom is 0.0695 e. The van der Waals surface area contributed by atoms with Gasteiger partial charge in [0.05, 0.1) is 6.10 Å². The summed E-state index contributed by atoms with van der Waals surface area (Å²) >= 11 is 0. The molecule has 2 atom stereocenters. The smallest absolute Gasteiger partial charge is 0.0695 e. The number of hydrogen-bond acceptors (Lipinski definition) is 2. The standard InChI is InChI=1S/C12H23NO/c1-2-3-9-13(10-7-8-10)11-5-4-6-12(11)14/h10-12,14H,2-9H2,1H3. The molecule has 0 aromatic heterocycles. The van der Waals surface area contributed by atoms with Crippen LogP contribution in [0.25, 0.3) is 0 Å². The molecule has 0 spiro atoms. The van der Waals surface area contributed by atoms with Crippen molar-refractivity contribution in [2.45, 2.75) is 70.1 Å². The van der Waals surface area contributed by atoms with E-state index in [0.717, 1.165) is 12.5 Å². The Kier molecular flexibility index (Phi) is 3.45. The van der Waals surface area contributed by atoms with Crippen LogP contribution < -0.4 is 0 Å². The van der Waals surface area contributed by atoms with Crippen molar-refractivity contribution in [2.75, 3.05) is 6.54 Å². The first kappa shape index (κ1) is 10.4. The summed E-state index contributed by atoms with van der Waals surface area (Å²) < 4.78 is 0. The van der Waals surface area contributed by atoms with Gasteiger partial charge in [0, 0.05) is 12.1 Å². The van der Waals surface area contributed by atoms with Gasteiger partial charge < -0.3 is 5.11 Å². The third-order valence-electron chi connectivity index (χ3n) is 3.66. The SMILES string of the molecule is CCCCN(C1CC1)C1CCCC1O. The molecule has 2 aliphatic carbocycles. The highest BCUT2D eigenvalue weighted by Gasteiger charge is 2.38. The minimum absolute atomic E-state index is 0.0348. The van der Waals surface area contributed by atoms with E-state index in [2.05, 4.69) is 11.8 Å². The second-order valence-corrected chi connectivity index (χ2v) is 4.89. The lowest BCUT2D eigenvalue weighted by atomic mass is 10.1. The predicted octanol–water partition coefficient (Wildman–Crippen LogP) is 2.16. The van der Waals surface area contributed by atoms with E-state index < -0.39 is 0 Å². The molecular weight excluding hydrogens is 174 g/mol. The predicted molar refractivity (Wildman–Crippen MR) is 58.3 cm³/mol. The molecule has 2 fully saturated rings. The quantitative estimate of drug-likeness (QED) is 0.730. The monoisotopic (exact) mass is 197 g/mol. The molecule has 0 heterocycles. The molecule has 82 valence electrons. The Balaban J connectivity index is 1.88. The Hall–Kier alpha value is -0.0800. The van der Waals surface area contributed by atoms with Gasteiger partial charge in [0.15, 0.2) is 0 Å². The highest BCUT2D eigenvalue weighted by Crippen LogP contribution is 2.34. The lowest BCUT2D eigenvalue weighted by Crippen LogP contribution is -2.42. The number of unbranched alkanes of at least 4 members (excludes halogenated alkanes) is 1. The molecule has 2 aliphatic rings. The number of aliphatic hydroxyl groups excluding tert-OH is 1. The maximum absolute atomic E-state index is 9.89. The number of nitrogens with zero attached hydrogens (tertiary/aromatic N) is 1. The van der Waals surface area contributed by atoms with Gasteiger partial charge in [-0.05, 0) is 45.1 Å². The average molecular weight is 197 g/mol. The van der Waals surface area contributed by atoms with Crippen molar-refractivity contribution in [3.8, 4) is 0 Å². The molecule has 2 rings (SSSR count). The molecule has 0 amide bonds. The molecule has 0 aromatic carbocycles. The Morgan fingerprint density at radius 1 is 1.21 bits per heavy atom. The Labute approximate surface area is 87.3 Å². The molecular formula is C12H23NO. The lowest BCUT2D eigenvalue weighted by molar-refractivity contribution is 0.0646. The lowest BCUT2D eigenvalue weighted by Gasteiger charge is -2.31. The average Bonchev–Trinajstić information content (AvgIpc) is 2.92. The van der Waals surface area contributed by atoms with Gasteiger partial charge in [-0.15, -0.1) is 0 Å². The van der Waals surface area contributed by atoms with E-state index >= 15 is 0 Å². The van der Waals surface area contributed by atoms with E-state index in [-0.39, 0.29) is 6.10 Å². The van der Waals surface area contributed by atoms with E-state index in [9.17, 15) is 5.11 Å². The minimum atomic E-state index is -0.0348. The Bertz CT molecular complexity index is 179. The fraction of sp³-hybridized carbons (Fsp3) is 1.00. The zero-order valence-corrected chi connectivity index (χ0v) is 9.28. The maximum atomic E-state index is 9.89. The van der Waals surface area contributed by atoms with Crippen LogP contribution in [0.4, 0.5) is 0 Å². The summed E-state index contributed by atoms with van der Waals surface area (Å²) in [4.78, 5) is 2.60. The Morgan fingerprint density at radius 2 is 2.00 bits per heavy atom. The Morgan fingerprint density at radius 3 is 2.50 bits per heavy atom. The third-order valence-corrected chi connectivity index (χ3v) is 3.66. The van der Waals surface area contributed by atoms with E-state index in [0.29, 0.717) is 6.04 Å². The molecule has 0 aliphatic heterocycles. The van der Waals surface area contributed by atoms with E-state index in [4.69, 9.17) is 0 Å². The van der Waals surface area contributed by atoms with Crippen LogP contribution >= 0.6 is 0 Å². The van der Waals surface area contributed by atoms with Crippen LogP contribution in [0.1, 0.15) is 51.9 Å². The topological polar surface area (TPSA) is 23.5 Å². The summed E-state index contributed by atoms with van der Waals surface area (Å²) in [7, 11) is 0. The fourth-order valence-electron chi connectivity index (χ4n) is 2.67. The van der Waals surface area contributed by atoms with Gasteiger partial charge in [-0.1, -0.05) is 13.3 Å². The molecule has 2 unspecified atom stereocenters. The molecule has 0 radical (unpaired) electrons. The summed E-state index contributed by atoms with van der Waals surface area (Å²) in [6, 6.07) is 1.31. The van der Waals surface area contributed by atoms with Crippen molar-refractivity contribution >= 4 is 0 Å². The molecule has 14 heavy (non-hydrogen) atoms. The van der Waals surface area contributed by atoms with Crippen molar-refractivity contribution in [1.29, 1.82) is 0 Å².